The lowest BCUT2D eigenvalue weighted by Crippen LogP contribution is -2.54. The lowest BCUT2D eigenvalue weighted by atomic mass is 9.98. The summed E-state index contributed by atoms with van der Waals surface area (Å²) in [5, 5.41) is 0. The Balaban J connectivity index is 1.39. The van der Waals surface area contributed by atoms with Crippen molar-refractivity contribution in [2.75, 3.05) is 22.9 Å². The first-order valence-corrected chi connectivity index (χ1v) is 12.2. The zero-order chi connectivity index (χ0) is 25.4. The number of hydrogen-bond acceptors (Lipinski definition) is 3. The molecule has 5 nitrogen and oxygen atoms in total. The first-order chi connectivity index (χ1) is 17.2. The monoisotopic (exact) mass is 494 g/mol. The first kappa shape index (κ1) is 24.2. The van der Waals surface area contributed by atoms with Gasteiger partial charge in [-0.3, -0.25) is 9.88 Å². The van der Waals surface area contributed by atoms with E-state index >= 15 is 0 Å². The number of amides is 2. The second-order valence-electron chi connectivity index (χ2n) is 9.56. The zero-order valence-corrected chi connectivity index (χ0v) is 20.4. The number of hydrogen-bond donors (Lipinski definition) is 0. The molecule has 1 fully saturated rings. The average Bonchev–Trinajstić information content (AvgIpc) is 2.86. The number of piperidine rings is 1. The molecule has 2 amide bonds. The molecule has 5 rings (SSSR count). The van der Waals surface area contributed by atoms with Crippen molar-refractivity contribution in [3.05, 3.63) is 88.7 Å². The predicted octanol–water partition coefficient (Wildman–Crippen LogP) is 6.33. The van der Waals surface area contributed by atoms with Crippen LogP contribution in [0.2, 0.25) is 0 Å². The number of aromatic nitrogens is 1. The van der Waals surface area contributed by atoms with E-state index in [0.29, 0.717) is 12.2 Å². The van der Waals surface area contributed by atoms with Crippen LogP contribution in [0.3, 0.4) is 0 Å². The van der Waals surface area contributed by atoms with Crippen LogP contribution in [0.5, 0.6) is 0 Å². The Morgan fingerprint density at radius 3 is 2.39 bits per heavy atom. The molecule has 188 valence electrons. The Morgan fingerprint density at radius 2 is 1.67 bits per heavy atom. The summed E-state index contributed by atoms with van der Waals surface area (Å²) in [7, 11) is 0. The third-order valence-corrected chi connectivity index (χ3v) is 7.28. The van der Waals surface area contributed by atoms with Gasteiger partial charge >= 0.3 is 12.2 Å². The van der Waals surface area contributed by atoms with Crippen molar-refractivity contribution in [1.29, 1.82) is 0 Å². The minimum Gasteiger partial charge on any atom is -0.370 e. The molecule has 2 aromatic carbocycles. The van der Waals surface area contributed by atoms with E-state index in [2.05, 4.69) is 16.8 Å². The van der Waals surface area contributed by atoms with Crippen LogP contribution in [0.15, 0.2) is 60.8 Å². The first-order valence-electron chi connectivity index (χ1n) is 12.2. The second-order valence-corrected chi connectivity index (χ2v) is 9.56. The van der Waals surface area contributed by atoms with E-state index in [1.807, 2.05) is 48.4 Å². The van der Waals surface area contributed by atoms with Gasteiger partial charge in [-0.2, -0.15) is 13.2 Å². The number of pyridine rings is 1. The summed E-state index contributed by atoms with van der Waals surface area (Å²) in [5.41, 5.74) is 4.33. The highest BCUT2D eigenvalue weighted by Gasteiger charge is 2.38. The van der Waals surface area contributed by atoms with Crippen molar-refractivity contribution in [3.63, 3.8) is 0 Å². The molecule has 0 unspecified atom stereocenters. The lowest BCUT2D eigenvalue weighted by molar-refractivity contribution is -0.138. The summed E-state index contributed by atoms with van der Waals surface area (Å²) in [6.45, 7) is 6.01. The van der Waals surface area contributed by atoms with Crippen molar-refractivity contribution in [1.82, 2.24) is 9.88 Å². The van der Waals surface area contributed by atoms with E-state index in [9.17, 15) is 18.0 Å². The van der Waals surface area contributed by atoms with Crippen LogP contribution in [-0.2, 0) is 19.3 Å². The Bertz CT molecular complexity index is 1250. The van der Waals surface area contributed by atoms with Crippen LogP contribution < -0.4 is 9.80 Å². The molecule has 1 aromatic heterocycles. The summed E-state index contributed by atoms with van der Waals surface area (Å²) in [6.07, 6.45) is -1.09. The van der Waals surface area contributed by atoms with Crippen molar-refractivity contribution in [2.45, 2.75) is 52.0 Å². The van der Waals surface area contributed by atoms with Crippen LogP contribution in [0, 0.1) is 13.8 Å². The summed E-state index contributed by atoms with van der Waals surface area (Å²) in [4.78, 5) is 23.9. The van der Waals surface area contributed by atoms with Gasteiger partial charge in [0.2, 0.25) is 0 Å². The fraction of sp³-hybridized carbons (Fsp3) is 0.357. The van der Waals surface area contributed by atoms with Crippen molar-refractivity contribution in [2.24, 2.45) is 0 Å². The van der Waals surface area contributed by atoms with Gasteiger partial charge in [0.15, 0.2) is 0 Å². The Hall–Kier alpha value is -3.55. The van der Waals surface area contributed by atoms with E-state index in [1.54, 1.807) is 6.07 Å². The smallest absolute Gasteiger partial charge is 0.370 e. The molecule has 1 saturated heterocycles. The van der Waals surface area contributed by atoms with E-state index in [1.165, 1.54) is 22.6 Å². The largest absolute Gasteiger partial charge is 0.416 e. The van der Waals surface area contributed by atoms with E-state index in [0.717, 1.165) is 48.9 Å². The molecule has 2 aliphatic rings. The minimum atomic E-state index is -4.48. The lowest BCUT2D eigenvalue weighted by Gasteiger charge is -2.44. The number of alkyl halides is 3. The standard InChI is InChI=1S/C28H29F3N4O/c1-19-11-14-32-20(2)26(19)33-15-12-23(13-16-33)34-18-22-8-4-6-10-25(22)35(27(34)36)17-21-7-3-5-9-24(21)28(29,30)31/h3-11,14,23H,12-13,15-18H2,1-2H3. The van der Waals surface area contributed by atoms with Crippen LogP contribution in [0.1, 0.15) is 40.8 Å². The van der Waals surface area contributed by atoms with Crippen molar-refractivity contribution in [3.8, 4) is 0 Å². The number of fused-ring (bicyclic) bond motifs is 1. The van der Waals surface area contributed by atoms with Crippen LogP contribution in [0.4, 0.5) is 29.3 Å². The van der Waals surface area contributed by atoms with Gasteiger partial charge in [0.05, 0.1) is 29.2 Å². The third kappa shape index (κ3) is 4.52. The second kappa shape index (κ2) is 9.48. The van der Waals surface area contributed by atoms with E-state index in [4.69, 9.17) is 0 Å². The normalized spacial score (nSPS) is 16.9. The molecule has 36 heavy (non-hydrogen) atoms. The SMILES string of the molecule is Cc1ccnc(C)c1N1CCC(N2Cc3ccccc3N(Cc3ccccc3C(F)(F)F)C2=O)CC1. The van der Waals surface area contributed by atoms with Gasteiger partial charge in [0, 0.05) is 31.9 Å². The van der Waals surface area contributed by atoms with Crippen molar-refractivity contribution >= 4 is 17.4 Å². The number of benzene rings is 2. The number of urea groups is 1. The number of rotatable bonds is 4. The average molecular weight is 495 g/mol. The Labute approximate surface area is 209 Å². The zero-order valence-electron chi connectivity index (χ0n) is 20.4. The van der Waals surface area contributed by atoms with Gasteiger partial charge in [-0.1, -0.05) is 36.4 Å². The Morgan fingerprint density at radius 1 is 0.972 bits per heavy atom. The molecule has 0 bridgehead atoms. The number of para-hydroxylation sites is 1. The molecule has 0 aliphatic carbocycles. The Kier molecular flexibility index (Phi) is 6.36. The highest BCUT2D eigenvalue weighted by Crippen LogP contribution is 2.37. The van der Waals surface area contributed by atoms with Gasteiger partial charge in [0.25, 0.3) is 0 Å². The number of anilines is 2. The van der Waals surface area contributed by atoms with Gasteiger partial charge in [0.1, 0.15) is 0 Å². The molecule has 2 aliphatic heterocycles. The minimum absolute atomic E-state index is 0.0137. The molecule has 0 N–H and O–H groups in total. The van der Waals surface area contributed by atoms with Crippen LogP contribution >= 0.6 is 0 Å². The molecule has 0 atom stereocenters. The van der Waals surface area contributed by atoms with E-state index in [-0.39, 0.29) is 24.2 Å². The maximum absolute atomic E-state index is 13.8. The molecule has 0 saturated carbocycles. The molecule has 8 heteroatoms. The van der Waals surface area contributed by atoms with Crippen molar-refractivity contribution < 1.29 is 18.0 Å². The van der Waals surface area contributed by atoms with Gasteiger partial charge < -0.3 is 9.80 Å². The number of carbonyl (C=O) groups excluding carboxylic acids is 1. The maximum atomic E-state index is 13.8. The van der Waals surface area contributed by atoms with Crippen LogP contribution in [-0.4, -0.2) is 35.0 Å². The highest BCUT2D eigenvalue weighted by atomic mass is 19.4. The molecule has 3 aromatic rings. The molecule has 0 spiro atoms. The summed E-state index contributed by atoms with van der Waals surface area (Å²) in [5.74, 6) is 0. The molecule has 3 heterocycles. The number of halogens is 3. The number of aryl methyl sites for hydroxylation is 2. The maximum Gasteiger partial charge on any atom is 0.416 e. The summed E-state index contributed by atoms with van der Waals surface area (Å²) < 4.78 is 41.0. The van der Waals surface area contributed by atoms with Gasteiger partial charge in [-0.15, -0.1) is 0 Å². The number of nitrogens with zero attached hydrogens (tertiary/aromatic N) is 4. The molecular weight excluding hydrogens is 465 g/mol. The fourth-order valence-corrected chi connectivity index (χ4v) is 5.53. The summed E-state index contributed by atoms with van der Waals surface area (Å²) in [6, 6.07) is 14.8. The fourth-order valence-electron chi connectivity index (χ4n) is 5.53. The number of carbonyl (C=O) groups is 1. The van der Waals surface area contributed by atoms with Crippen LogP contribution in [0.25, 0.3) is 0 Å². The quantitative estimate of drug-likeness (QED) is 0.426. The molecular formula is C28H29F3N4O. The topological polar surface area (TPSA) is 39.7 Å². The van der Waals surface area contributed by atoms with E-state index < -0.39 is 11.7 Å². The van der Waals surface area contributed by atoms with Gasteiger partial charge in [-0.25, -0.2) is 4.79 Å². The van der Waals surface area contributed by atoms with Gasteiger partial charge in [-0.05, 0) is 61.6 Å². The summed E-state index contributed by atoms with van der Waals surface area (Å²) >= 11 is 0. The third-order valence-electron chi connectivity index (χ3n) is 7.28. The molecule has 0 radical (unpaired) electrons. The predicted molar refractivity (Wildman–Crippen MR) is 134 cm³/mol. The highest BCUT2D eigenvalue weighted by molar-refractivity contribution is 5.95.